The zero-order valence-electron chi connectivity index (χ0n) is 11.6. The summed E-state index contributed by atoms with van der Waals surface area (Å²) in [6.07, 6.45) is 3.21. The molecule has 0 bridgehead atoms. The summed E-state index contributed by atoms with van der Waals surface area (Å²) >= 11 is 1.36. The van der Waals surface area contributed by atoms with Crippen molar-refractivity contribution in [1.29, 1.82) is 0 Å². The lowest BCUT2D eigenvalue weighted by Gasteiger charge is -2.18. The molecular formula is C14H14N2O5S. The fourth-order valence-electron chi connectivity index (χ4n) is 2.88. The van der Waals surface area contributed by atoms with Crippen molar-refractivity contribution in [2.75, 3.05) is 0 Å². The first-order chi connectivity index (χ1) is 10.5. The number of carboxylic acid groups (broad SMARTS) is 2. The van der Waals surface area contributed by atoms with Gasteiger partial charge in [0, 0.05) is 11.4 Å². The van der Waals surface area contributed by atoms with Gasteiger partial charge in [0.05, 0.1) is 24.1 Å². The van der Waals surface area contributed by atoms with Gasteiger partial charge in [0.15, 0.2) is 0 Å². The molecule has 1 aliphatic carbocycles. The van der Waals surface area contributed by atoms with E-state index in [4.69, 9.17) is 5.11 Å². The van der Waals surface area contributed by atoms with Crippen LogP contribution in [0.4, 0.5) is 0 Å². The number of carboxylic acids is 2. The Hall–Kier alpha value is -2.22. The maximum Gasteiger partial charge on any atom is 0.311 e. The first-order valence-corrected chi connectivity index (χ1v) is 7.76. The number of aryl methyl sites for hydroxylation is 2. The van der Waals surface area contributed by atoms with Crippen molar-refractivity contribution in [3.05, 3.63) is 27.1 Å². The molecule has 1 aliphatic rings. The van der Waals surface area contributed by atoms with Gasteiger partial charge < -0.3 is 10.2 Å². The SMILES string of the molecule is O=C(O)CCn1cnc2sc3c(c2c1=O)C(C(=O)O)CCC3. The van der Waals surface area contributed by atoms with Crippen molar-refractivity contribution in [3.8, 4) is 0 Å². The average molecular weight is 322 g/mol. The number of thiophene rings is 1. The second-order valence-electron chi connectivity index (χ2n) is 5.29. The third-order valence-corrected chi connectivity index (χ3v) is 5.08. The van der Waals surface area contributed by atoms with Crippen LogP contribution in [0.5, 0.6) is 0 Å². The molecule has 3 rings (SSSR count). The lowest BCUT2D eigenvalue weighted by atomic mass is 9.86. The van der Waals surface area contributed by atoms with Gasteiger partial charge in [-0.2, -0.15) is 0 Å². The van der Waals surface area contributed by atoms with Gasteiger partial charge in [0.25, 0.3) is 5.56 Å². The second kappa shape index (κ2) is 5.53. The van der Waals surface area contributed by atoms with Crippen LogP contribution in [0, 0.1) is 0 Å². The van der Waals surface area contributed by atoms with Crippen LogP contribution in [-0.4, -0.2) is 31.7 Å². The predicted molar refractivity (Wildman–Crippen MR) is 79.4 cm³/mol. The van der Waals surface area contributed by atoms with Crippen molar-refractivity contribution in [2.45, 2.75) is 38.1 Å². The molecule has 0 saturated heterocycles. The van der Waals surface area contributed by atoms with Crippen molar-refractivity contribution in [2.24, 2.45) is 0 Å². The zero-order valence-corrected chi connectivity index (χ0v) is 12.4. The van der Waals surface area contributed by atoms with E-state index >= 15 is 0 Å². The number of hydrogen-bond donors (Lipinski definition) is 2. The largest absolute Gasteiger partial charge is 0.481 e. The summed E-state index contributed by atoms with van der Waals surface area (Å²) in [5.41, 5.74) is 0.234. The molecule has 22 heavy (non-hydrogen) atoms. The molecule has 0 aliphatic heterocycles. The molecule has 7 nitrogen and oxygen atoms in total. The molecule has 0 saturated carbocycles. The molecule has 0 fully saturated rings. The summed E-state index contributed by atoms with van der Waals surface area (Å²) < 4.78 is 1.25. The van der Waals surface area contributed by atoms with E-state index < -0.39 is 17.9 Å². The van der Waals surface area contributed by atoms with E-state index in [2.05, 4.69) is 4.98 Å². The summed E-state index contributed by atoms with van der Waals surface area (Å²) in [7, 11) is 0. The number of hydrogen-bond acceptors (Lipinski definition) is 5. The van der Waals surface area contributed by atoms with E-state index in [1.54, 1.807) is 0 Å². The van der Waals surface area contributed by atoms with Gasteiger partial charge in [-0.3, -0.25) is 19.0 Å². The highest BCUT2D eigenvalue weighted by Crippen LogP contribution is 2.40. The van der Waals surface area contributed by atoms with E-state index in [1.165, 1.54) is 22.2 Å². The van der Waals surface area contributed by atoms with Crippen LogP contribution >= 0.6 is 11.3 Å². The van der Waals surface area contributed by atoms with Crippen LogP contribution in [0.25, 0.3) is 10.2 Å². The van der Waals surface area contributed by atoms with E-state index in [0.29, 0.717) is 22.2 Å². The second-order valence-corrected chi connectivity index (χ2v) is 6.37. The zero-order chi connectivity index (χ0) is 15.9. The number of aromatic nitrogens is 2. The van der Waals surface area contributed by atoms with Gasteiger partial charge in [-0.1, -0.05) is 0 Å². The van der Waals surface area contributed by atoms with Gasteiger partial charge in [-0.15, -0.1) is 11.3 Å². The summed E-state index contributed by atoms with van der Waals surface area (Å²) in [5.74, 6) is -2.61. The van der Waals surface area contributed by atoms with Crippen molar-refractivity contribution in [1.82, 2.24) is 9.55 Å². The van der Waals surface area contributed by atoms with Gasteiger partial charge in [-0.25, -0.2) is 4.98 Å². The van der Waals surface area contributed by atoms with Crippen molar-refractivity contribution >= 4 is 33.5 Å². The molecule has 1 unspecified atom stereocenters. The summed E-state index contributed by atoms with van der Waals surface area (Å²) in [6, 6.07) is 0. The van der Waals surface area contributed by atoms with Crippen molar-refractivity contribution < 1.29 is 19.8 Å². The smallest absolute Gasteiger partial charge is 0.311 e. The Morgan fingerprint density at radius 2 is 2.18 bits per heavy atom. The maximum absolute atomic E-state index is 12.6. The van der Waals surface area contributed by atoms with E-state index in [0.717, 1.165) is 17.7 Å². The maximum atomic E-state index is 12.6. The quantitative estimate of drug-likeness (QED) is 0.881. The molecule has 1 atom stereocenters. The van der Waals surface area contributed by atoms with E-state index in [1.807, 2.05) is 0 Å². The first kappa shape index (κ1) is 14.7. The third-order valence-electron chi connectivity index (χ3n) is 3.90. The molecule has 0 amide bonds. The monoisotopic (exact) mass is 322 g/mol. The molecule has 2 heterocycles. The lowest BCUT2D eigenvalue weighted by Crippen LogP contribution is -2.24. The Bertz CT molecular complexity index is 822. The highest BCUT2D eigenvalue weighted by atomic mass is 32.1. The molecule has 2 N–H and O–H groups in total. The summed E-state index contributed by atoms with van der Waals surface area (Å²) in [6.45, 7) is 0.0272. The van der Waals surface area contributed by atoms with Gasteiger partial charge in [0.1, 0.15) is 4.83 Å². The molecule has 8 heteroatoms. The third kappa shape index (κ3) is 2.39. The van der Waals surface area contributed by atoms with Gasteiger partial charge >= 0.3 is 11.9 Å². The Kier molecular flexibility index (Phi) is 3.69. The van der Waals surface area contributed by atoms with Crippen LogP contribution in [-0.2, 0) is 22.6 Å². The summed E-state index contributed by atoms with van der Waals surface area (Å²) in [4.78, 5) is 40.4. The number of aliphatic carboxylic acids is 2. The minimum absolute atomic E-state index is 0.0272. The fraction of sp³-hybridized carbons (Fsp3) is 0.429. The van der Waals surface area contributed by atoms with Gasteiger partial charge in [-0.05, 0) is 24.8 Å². The van der Waals surface area contributed by atoms with Crippen LogP contribution in [0.3, 0.4) is 0 Å². The Morgan fingerprint density at radius 3 is 2.86 bits per heavy atom. The summed E-state index contributed by atoms with van der Waals surface area (Å²) in [5, 5.41) is 18.5. The molecular weight excluding hydrogens is 308 g/mol. The van der Waals surface area contributed by atoms with Crippen LogP contribution in [0.1, 0.15) is 35.6 Å². The highest BCUT2D eigenvalue weighted by molar-refractivity contribution is 7.18. The number of fused-ring (bicyclic) bond motifs is 3. The minimum atomic E-state index is -0.997. The van der Waals surface area contributed by atoms with Crippen LogP contribution in [0.2, 0.25) is 0 Å². The Labute approximate surface area is 128 Å². The highest BCUT2D eigenvalue weighted by Gasteiger charge is 2.31. The Morgan fingerprint density at radius 1 is 1.41 bits per heavy atom. The molecule has 0 radical (unpaired) electrons. The van der Waals surface area contributed by atoms with Gasteiger partial charge in [0.2, 0.25) is 0 Å². The number of rotatable bonds is 4. The van der Waals surface area contributed by atoms with Crippen LogP contribution < -0.4 is 5.56 Å². The molecule has 116 valence electrons. The molecule has 0 spiro atoms. The average Bonchev–Trinajstić information content (AvgIpc) is 2.85. The minimum Gasteiger partial charge on any atom is -0.481 e. The van der Waals surface area contributed by atoms with E-state index in [9.17, 15) is 19.5 Å². The molecule has 2 aromatic rings. The van der Waals surface area contributed by atoms with E-state index in [-0.39, 0.29) is 18.5 Å². The standard InChI is InChI=1S/C14H14N2O5S/c17-9(18)4-5-16-6-15-12-11(13(16)19)10-7(14(20)21)2-1-3-8(10)22-12/h6-7H,1-5H2,(H,17,18)(H,20,21). The molecule has 2 aromatic heterocycles. The fourth-order valence-corrected chi connectivity index (χ4v) is 4.11. The van der Waals surface area contributed by atoms with Crippen molar-refractivity contribution in [3.63, 3.8) is 0 Å². The number of nitrogens with zero attached hydrogens (tertiary/aromatic N) is 2. The molecule has 0 aromatic carbocycles. The number of carbonyl (C=O) groups is 2. The first-order valence-electron chi connectivity index (χ1n) is 6.94. The lowest BCUT2D eigenvalue weighted by molar-refractivity contribution is -0.139. The van der Waals surface area contributed by atoms with Crippen LogP contribution in [0.15, 0.2) is 11.1 Å². The Balaban J connectivity index is 2.17. The predicted octanol–water partition coefficient (Wildman–Crippen LogP) is 1.44. The normalized spacial score (nSPS) is 17.4. The topological polar surface area (TPSA) is 109 Å².